The van der Waals surface area contributed by atoms with Crippen LogP contribution in [0.15, 0.2) is 54.6 Å². The highest BCUT2D eigenvalue weighted by Gasteiger charge is 2.21. The Morgan fingerprint density at radius 1 is 0.920 bits per heavy atom. The van der Waals surface area contributed by atoms with Crippen LogP contribution in [-0.2, 0) is 6.61 Å². The van der Waals surface area contributed by atoms with E-state index < -0.39 is 0 Å². The van der Waals surface area contributed by atoms with Crippen molar-refractivity contribution in [3.63, 3.8) is 0 Å². The first kappa shape index (κ1) is 18.0. The molecule has 2 N–H and O–H groups in total. The van der Waals surface area contributed by atoms with Crippen molar-refractivity contribution >= 4 is 0 Å². The van der Waals surface area contributed by atoms with Crippen LogP contribution in [0.4, 0.5) is 0 Å². The standard InChI is InChI=1S/C22H29NO2/c24-16-4-15-23-21-11-7-19(8-12-21)20-9-13-22(14-10-20)25-17-18-5-2-1-3-6-18/h1-3,5-6,9-10,13-14,19,21,23-24H,4,7-8,11-12,15-17H2. The Hall–Kier alpha value is -1.84. The Morgan fingerprint density at radius 2 is 1.64 bits per heavy atom. The van der Waals surface area contributed by atoms with Gasteiger partial charge in [-0.05, 0) is 67.8 Å². The minimum Gasteiger partial charge on any atom is -0.489 e. The summed E-state index contributed by atoms with van der Waals surface area (Å²) in [6, 6.07) is 19.5. The van der Waals surface area contributed by atoms with Crippen LogP contribution in [0.1, 0.15) is 49.1 Å². The molecule has 2 aromatic rings. The summed E-state index contributed by atoms with van der Waals surface area (Å²) in [5.74, 6) is 1.60. The first-order valence-corrected chi connectivity index (χ1v) is 9.46. The number of rotatable bonds is 8. The second-order valence-corrected chi connectivity index (χ2v) is 6.92. The Balaban J connectivity index is 1.45. The molecule has 0 saturated heterocycles. The van der Waals surface area contributed by atoms with E-state index in [0.717, 1.165) is 18.7 Å². The monoisotopic (exact) mass is 339 g/mol. The average molecular weight is 339 g/mol. The predicted octanol–water partition coefficient (Wildman–Crippen LogP) is 4.26. The van der Waals surface area contributed by atoms with Crippen LogP contribution in [0.3, 0.4) is 0 Å². The minimum absolute atomic E-state index is 0.279. The number of ether oxygens (including phenoxy) is 1. The average Bonchev–Trinajstić information content (AvgIpc) is 2.68. The lowest BCUT2D eigenvalue weighted by Crippen LogP contribution is -2.33. The van der Waals surface area contributed by atoms with Gasteiger partial charge in [-0.2, -0.15) is 0 Å². The van der Waals surface area contributed by atoms with E-state index in [1.54, 1.807) is 0 Å². The molecule has 3 nitrogen and oxygen atoms in total. The van der Waals surface area contributed by atoms with Crippen LogP contribution >= 0.6 is 0 Å². The van der Waals surface area contributed by atoms with Crippen molar-refractivity contribution in [1.82, 2.24) is 5.32 Å². The van der Waals surface area contributed by atoms with Gasteiger partial charge in [-0.15, -0.1) is 0 Å². The SMILES string of the molecule is OCCCNC1CCC(c2ccc(OCc3ccccc3)cc2)CC1. The third kappa shape index (κ3) is 5.58. The molecular weight excluding hydrogens is 310 g/mol. The third-order valence-corrected chi connectivity index (χ3v) is 5.09. The molecule has 3 rings (SSSR count). The van der Waals surface area contributed by atoms with Crippen molar-refractivity contribution in [1.29, 1.82) is 0 Å². The van der Waals surface area contributed by atoms with E-state index in [4.69, 9.17) is 9.84 Å². The largest absolute Gasteiger partial charge is 0.489 e. The number of aliphatic hydroxyl groups excluding tert-OH is 1. The molecule has 25 heavy (non-hydrogen) atoms. The summed E-state index contributed by atoms with van der Waals surface area (Å²) in [5.41, 5.74) is 2.62. The number of hydrogen-bond acceptors (Lipinski definition) is 3. The normalized spacial score (nSPS) is 20.4. The van der Waals surface area contributed by atoms with E-state index in [9.17, 15) is 0 Å². The van der Waals surface area contributed by atoms with Crippen molar-refractivity contribution < 1.29 is 9.84 Å². The zero-order valence-corrected chi connectivity index (χ0v) is 14.9. The Bertz CT molecular complexity index is 604. The second-order valence-electron chi connectivity index (χ2n) is 6.92. The Labute approximate surface area is 151 Å². The van der Waals surface area contributed by atoms with Crippen molar-refractivity contribution in [3.05, 3.63) is 65.7 Å². The lowest BCUT2D eigenvalue weighted by atomic mass is 9.82. The molecule has 0 unspecified atom stereocenters. The first-order chi connectivity index (χ1) is 12.3. The molecule has 0 atom stereocenters. The maximum absolute atomic E-state index is 8.86. The summed E-state index contributed by atoms with van der Waals surface area (Å²) >= 11 is 0. The highest BCUT2D eigenvalue weighted by Crippen LogP contribution is 2.33. The van der Waals surface area contributed by atoms with Gasteiger partial charge in [0.1, 0.15) is 12.4 Å². The molecule has 0 bridgehead atoms. The molecule has 3 heteroatoms. The predicted molar refractivity (Wildman–Crippen MR) is 102 cm³/mol. The van der Waals surface area contributed by atoms with Crippen molar-refractivity contribution in [2.75, 3.05) is 13.2 Å². The zero-order chi connectivity index (χ0) is 17.3. The van der Waals surface area contributed by atoms with Crippen LogP contribution in [0, 0.1) is 0 Å². The van der Waals surface area contributed by atoms with Crippen LogP contribution in [0.25, 0.3) is 0 Å². The van der Waals surface area contributed by atoms with E-state index in [1.807, 2.05) is 18.2 Å². The van der Waals surface area contributed by atoms with Crippen LogP contribution in [-0.4, -0.2) is 24.3 Å². The minimum atomic E-state index is 0.279. The maximum Gasteiger partial charge on any atom is 0.119 e. The molecule has 0 radical (unpaired) electrons. The van der Waals surface area contributed by atoms with E-state index in [0.29, 0.717) is 18.6 Å². The Kier molecular flexibility index (Phi) is 6.89. The van der Waals surface area contributed by atoms with Gasteiger partial charge in [-0.3, -0.25) is 0 Å². The molecule has 0 heterocycles. The summed E-state index contributed by atoms with van der Waals surface area (Å²) in [6.45, 7) is 1.82. The number of hydrogen-bond donors (Lipinski definition) is 2. The van der Waals surface area contributed by atoms with Gasteiger partial charge >= 0.3 is 0 Å². The smallest absolute Gasteiger partial charge is 0.119 e. The third-order valence-electron chi connectivity index (χ3n) is 5.09. The zero-order valence-electron chi connectivity index (χ0n) is 14.9. The van der Waals surface area contributed by atoms with E-state index in [-0.39, 0.29) is 6.61 Å². The Morgan fingerprint density at radius 3 is 2.32 bits per heavy atom. The van der Waals surface area contributed by atoms with Crippen molar-refractivity contribution in [2.24, 2.45) is 0 Å². The van der Waals surface area contributed by atoms with Gasteiger partial charge in [-0.1, -0.05) is 42.5 Å². The van der Waals surface area contributed by atoms with Crippen LogP contribution in [0.5, 0.6) is 5.75 Å². The fraction of sp³-hybridized carbons (Fsp3) is 0.455. The van der Waals surface area contributed by atoms with E-state index in [2.05, 4.69) is 41.7 Å². The van der Waals surface area contributed by atoms with Gasteiger partial charge in [0.25, 0.3) is 0 Å². The molecule has 1 aliphatic carbocycles. The fourth-order valence-corrected chi connectivity index (χ4v) is 3.59. The van der Waals surface area contributed by atoms with Gasteiger partial charge in [0, 0.05) is 12.6 Å². The van der Waals surface area contributed by atoms with Gasteiger partial charge < -0.3 is 15.2 Å². The number of nitrogens with one attached hydrogen (secondary N) is 1. The topological polar surface area (TPSA) is 41.5 Å². The van der Waals surface area contributed by atoms with Gasteiger partial charge in [0.2, 0.25) is 0 Å². The number of aliphatic hydroxyl groups is 1. The fourth-order valence-electron chi connectivity index (χ4n) is 3.59. The quantitative estimate of drug-likeness (QED) is 0.706. The summed E-state index contributed by atoms with van der Waals surface area (Å²) in [5, 5.41) is 12.4. The molecule has 0 amide bonds. The summed E-state index contributed by atoms with van der Waals surface area (Å²) < 4.78 is 5.88. The second kappa shape index (κ2) is 9.59. The van der Waals surface area contributed by atoms with Crippen molar-refractivity contribution in [3.8, 4) is 5.75 Å². The van der Waals surface area contributed by atoms with Gasteiger partial charge in [0.15, 0.2) is 0 Å². The molecule has 134 valence electrons. The lowest BCUT2D eigenvalue weighted by molar-refractivity contribution is 0.274. The molecule has 0 aromatic heterocycles. The lowest BCUT2D eigenvalue weighted by Gasteiger charge is -2.29. The molecule has 1 aliphatic rings. The van der Waals surface area contributed by atoms with Crippen molar-refractivity contribution in [2.45, 2.75) is 50.7 Å². The van der Waals surface area contributed by atoms with Gasteiger partial charge in [0.05, 0.1) is 0 Å². The summed E-state index contributed by atoms with van der Waals surface area (Å²) in [4.78, 5) is 0. The highest BCUT2D eigenvalue weighted by molar-refractivity contribution is 5.30. The molecule has 1 fully saturated rings. The number of benzene rings is 2. The molecule has 0 spiro atoms. The summed E-state index contributed by atoms with van der Waals surface area (Å²) in [7, 11) is 0. The summed E-state index contributed by atoms with van der Waals surface area (Å²) in [6.07, 6.45) is 5.77. The van der Waals surface area contributed by atoms with E-state index >= 15 is 0 Å². The molecule has 1 saturated carbocycles. The maximum atomic E-state index is 8.86. The van der Waals surface area contributed by atoms with Crippen LogP contribution < -0.4 is 10.1 Å². The van der Waals surface area contributed by atoms with E-state index in [1.165, 1.54) is 36.8 Å². The molecular formula is C22H29NO2. The van der Waals surface area contributed by atoms with Crippen LogP contribution in [0.2, 0.25) is 0 Å². The van der Waals surface area contributed by atoms with Gasteiger partial charge in [-0.25, -0.2) is 0 Å². The highest BCUT2D eigenvalue weighted by atomic mass is 16.5. The molecule has 0 aliphatic heterocycles. The molecule has 2 aromatic carbocycles. The first-order valence-electron chi connectivity index (χ1n) is 9.46.